The van der Waals surface area contributed by atoms with Crippen molar-refractivity contribution in [2.45, 2.75) is 77.6 Å². The molecule has 0 spiro atoms. The van der Waals surface area contributed by atoms with Gasteiger partial charge in [0.05, 0.1) is 6.61 Å². The molecule has 0 aromatic heterocycles. The molecule has 0 fully saturated rings. The number of hydrogen-bond acceptors (Lipinski definition) is 4. The summed E-state index contributed by atoms with van der Waals surface area (Å²) in [6, 6.07) is 0. The van der Waals surface area contributed by atoms with Crippen LogP contribution in [-0.2, 0) is 14.3 Å². The first-order valence-electron chi connectivity index (χ1n) is 10.9. The van der Waals surface area contributed by atoms with Gasteiger partial charge < -0.3 is 9.47 Å². The Labute approximate surface area is 184 Å². The average Bonchev–Trinajstić information content (AvgIpc) is 2.78. The number of carbonyl (C=O) groups excluding carboxylic acids is 2. The van der Waals surface area contributed by atoms with E-state index < -0.39 is 46.8 Å². The van der Waals surface area contributed by atoms with Crippen LogP contribution in [0.1, 0.15) is 77.6 Å². The Kier molecular flexibility index (Phi) is 13.2. The van der Waals surface area contributed by atoms with Crippen molar-refractivity contribution in [2.24, 2.45) is 0 Å². The Morgan fingerprint density at radius 3 is 1.53 bits per heavy atom. The highest BCUT2D eigenvalue weighted by Crippen LogP contribution is 2.29. The van der Waals surface area contributed by atoms with Crippen LogP contribution in [-0.4, -0.2) is 18.5 Å². The molecule has 1 aromatic carbocycles. The summed E-state index contributed by atoms with van der Waals surface area (Å²) in [5.74, 6) is -15.6. The molecule has 0 bridgehead atoms. The van der Waals surface area contributed by atoms with Crippen molar-refractivity contribution in [2.75, 3.05) is 6.61 Å². The van der Waals surface area contributed by atoms with Crippen molar-refractivity contribution < 1.29 is 41.0 Å². The first-order valence-corrected chi connectivity index (χ1v) is 10.9. The maximum atomic E-state index is 13.4. The van der Waals surface area contributed by atoms with Crippen LogP contribution in [0.5, 0.6) is 5.75 Å². The number of halogens is 5. The topological polar surface area (TPSA) is 52.6 Å². The van der Waals surface area contributed by atoms with Crippen molar-refractivity contribution in [3.8, 4) is 5.75 Å². The van der Waals surface area contributed by atoms with E-state index in [0.717, 1.165) is 19.3 Å². The molecular formula is C23H29F5O4. The van der Waals surface area contributed by atoms with Crippen LogP contribution in [0.25, 0.3) is 0 Å². The van der Waals surface area contributed by atoms with E-state index >= 15 is 0 Å². The normalized spacial score (nSPS) is 11.2. The third-order valence-corrected chi connectivity index (χ3v) is 4.72. The zero-order valence-corrected chi connectivity index (χ0v) is 18.2. The van der Waals surface area contributed by atoms with Crippen molar-refractivity contribution >= 4 is 11.9 Å². The van der Waals surface area contributed by atoms with Gasteiger partial charge in [-0.25, -0.2) is 22.8 Å². The molecule has 4 nitrogen and oxygen atoms in total. The Morgan fingerprint density at radius 1 is 0.625 bits per heavy atom. The molecule has 9 heteroatoms. The standard InChI is InChI=1S/C23H29F5O4/c1-2-3-4-5-6-7-8-9-10-11-12-15-31-16(29)13-14-17(30)32-23-21(27)19(25)18(24)20(26)22(23)28/h13-14H,2-12,15H2,1H3/b14-13+. The Bertz CT molecular complexity index is 751. The van der Waals surface area contributed by atoms with E-state index in [0.29, 0.717) is 18.6 Å². The molecule has 0 radical (unpaired) electrons. The smallest absolute Gasteiger partial charge is 0.336 e. The SMILES string of the molecule is CCCCCCCCCCCCCOC(=O)/C=C/C(=O)Oc1c(F)c(F)c(F)c(F)c1F. The van der Waals surface area contributed by atoms with Gasteiger partial charge in [0.25, 0.3) is 0 Å². The molecule has 0 amide bonds. The highest BCUT2D eigenvalue weighted by atomic mass is 19.2. The minimum absolute atomic E-state index is 0.132. The molecule has 1 aromatic rings. The predicted molar refractivity (Wildman–Crippen MR) is 108 cm³/mol. The van der Waals surface area contributed by atoms with Crippen molar-refractivity contribution in [1.29, 1.82) is 0 Å². The molecule has 0 atom stereocenters. The summed E-state index contributed by atoms with van der Waals surface area (Å²) in [6.45, 7) is 2.32. The second-order valence-corrected chi connectivity index (χ2v) is 7.36. The molecule has 0 saturated carbocycles. The summed E-state index contributed by atoms with van der Waals surface area (Å²) in [5, 5.41) is 0. The van der Waals surface area contributed by atoms with E-state index in [2.05, 4.69) is 11.7 Å². The van der Waals surface area contributed by atoms with E-state index in [9.17, 15) is 31.5 Å². The average molecular weight is 464 g/mol. The molecule has 0 aliphatic rings. The van der Waals surface area contributed by atoms with Crippen molar-refractivity contribution in [1.82, 2.24) is 0 Å². The summed E-state index contributed by atoms with van der Waals surface area (Å²) >= 11 is 0. The fraction of sp³-hybridized carbons (Fsp3) is 0.565. The molecule has 32 heavy (non-hydrogen) atoms. The van der Waals surface area contributed by atoms with Crippen LogP contribution in [0.3, 0.4) is 0 Å². The lowest BCUT2D eigenvalue weighted by atomic mass is 10.1. The number of benzene rings is 1. The van der Waals surface area contributed by atoms with Gasteiger partial charge in [0, 0.05) is 12.2 Å². The summed E-state index contributed by atoms with van der Waals surface area (Å²) in [7, 11) is 0. The first kappa shape index (κ1) is 27.6. The zero-order chi connectivity index (χ0) is 23.9. The van der Waals surface area contributed by atoms with E-state index in [1.165, 1.54) is 44.9 Å². The van der Waals surface area contributed by atoms with Crippen molar-refractivity contribution in [3.05, 3.63) is 41.2 Å². The third-order valence-electron chi connectivity index (χ3n) is 4.72. The number of ether oxygens (including phenoxy) is 2. The number of rotatable bonds is 15. The number of esters is 2. The highest BCUT2D eigenvalue weighted by Gasteiger charge is 2.28. The van der Waals surface area contributed by atoms with Crippen LogP contribution >= 0.6 is 0 Å². The predicted octanol–water partition coefficient (Wildman–Crippen LogP) is 6.70. The van der Waals surface area contributed by atoms with Gasteiger partial charge in [-0.1, -0.05) is 71.1 Å². The van der Waals surface area contributed by atoms with E-state index in [1.807, 2.05) is 0 Å². The van der Waals surface area contributed by atoms with Gasteiger partial charge in [-0.3, -0.25) is 0 Å². The molecule has 0 aliphatic heterocycles. The van der Waals surface area contributed by atoms with Gasteiger partial charge in [-0.05, 0) is 6.42 Å². The van der Waals surface area contributed by atoms with Gasteiger partial charge in [0.15, 0.2) is 0 Å². The minimum Gasteiger partial charge on any atom is -0.463 e. The zero-order valence-electron chi connectivity index (χ0n) is 18.2. The minimum atomic E-state index is -2.37. The highest BCUT2D eigenvalue weighted by molar-refractivity contribution is 5.92. The maximum Gasteiger partial charge on any atom is 0.336 e. The largest absolute Gasteiger partial charge is 0.463 e. The monoisotopic (exact) mass is 464 g/mol. The summed E-state index contributed by atoms with van der Waals surface area (Å²) in [5.41, 5.74) is 0. The number of carbonyl (C=O) groups is 2. The van der Waals surface area contributed by atoms with Crippen LogP contribution in [0.4, 0.5) is 22.0 Å². The lowest BCUT2D eigenvalue weighted by molar-refractivity contribution is -0.138. The van der Waals surface area contributed by atoms with E-state index in [-0.39, 0.29) is 6.61 Å². The van der Waals surface area contributed by atoms with Crippen LogP contribution < -0.4 is 4.74 Å². The third kappa shape index (κ3) is 9.78. The fourth-order valence-electron chi connectivity index (χ4n) is 2.93. The van der Waals surface area contributed by atoms with Gasteiger partial charge >= 0.3 is 11.9 Å². The van der Waals surface area contributed by atoms with Crippen LogP contribution in [0, 0.1) is 29.1 Å². The fourth-order valence-corrected chi connectivity index (χ4v) is 2.93. The number of unbranched alkanes of at least 4 members (excludes halogenated alkanes) is 10. The Morgan fingerprint density at radius 2 is 1.03 bits per heavy atom. The molecule has 180 valence electrons. The lowest BCUT2D eigenvalue weighted by Gasteiger charge is -2.07. The second kappa shape index (κ2) is 15.4. The molecular weight excluding hydrogens is 435 g/mol. The summed E-state index contributed by atoms with van der Waals surface area (Å²) in [4.78, 5) is 23.0. The van der Waals surface area contributed by atoms with Gasteiger partial charge in [0.2, 0.25) is 34.8 Å². The molecule has 0 unspecified atom stereocenters. The molecule has 0 N–H and O–H groups in total. The summed E-state index contributed by atoms with van der Waals surface area (Å²) < 4.78 is 75.0. The van der Waals surface area contributed by atoms with Gasteiger partial charge in [-0.2, -0.15) is 8.78 Å². The number of hydrogen-bond donors (Lipinski definition) is 0. The molecule has 1 rings (SSSR count). The van der Waals surface area contributed by atoms with Crippen LogP contribution in [0.2, 0.25) is 0 Å². The molecule has 0 heterocycles. The van der Waals surface area contributed by atoms with Crippen molar-refractivity contribution in [3.63, 3.8) is 0 Å². The Hall–Kier alpha value is -2.45. The molecule has 0 saturated heterocycles. The first-order chi connectivity index (χ1) is 15.3. The van der Waals surface area contributed by atoms with Gasteiger partial charge in [0.1, 0.15) is 0 Å². The maximum absolute atomic E-state index is 13.4. The summed E-state index contributed by atoms with van der Waals surface area (Å²) in [6.07, 6.45) is 13.6. The van der Waals surface area contributed by atoms with Crippen LogP contribution in [0.15, 0.2) is 12.2 Å². The molecule has 0 aliphatic carbocycles. The lowest BCUT2D eigenvalue weighted by Crippen LogP contribution is -2.12. The quantitative estimate of drug-likeness (QED) is 0.0551. The Balaban J connectivity index is 2.22. The van der Waals surface area contributed by atoms with E-state index in [4.69, 9.17) is 4.74 Å². The second-order valence-electron chi connectivity index (χ2n) is 7.36. The van der Waals surface area contributed by atoms with Gasteiger partial charge in [-0.15, -0.1) is 0 Å². The van der Waals surface area contributed by atoms with E-state index in [1.54, 1.807) is 0 Å².